The molecule has 0 aromatic rings. The summed E-state index contributed by atoms with van der Waals surface area (Å²) in [4.78, 5) is 2.70. The second kappa shape index (κ2) is 5.68. The first-order chi connectivity index (χ1) is 8.11. The zero-order valence-corrected chi connectivity index (χ0v) is 11.7. The van der Waals surface area contributed by atoms with Crippen molar-refractivity contribution in [1.82, 2.24) is 10.2 Å². The Labute approximate surface area is 106 Å². The van der Waals surface area contributed by atoms with Crippen molar-refractivity contribution in [2.75, 3.05) is 26.7 Å². The van der Waals surface area contributed by atoms with Gasteiger partial charge in [-0.25, -0.2) is 0 Å². The summed E-state index contributed by atoms with van der Waals surface area (Å²) < 4.78 is 5.55. The first-order valence-electron chi connectivity index (χ1n) is 7.12. The Morgan fingerprint density at radius 3 is 2.82 bits per heavy atom. The average molecular weight is 240 g/mol. The van der Waals surface area contributed by atoms with Crippen molar-refractivity contribution in [2.24, 2.45) is 0 Å². The Hall–Kier alpha value is -0.120. The van der Waals surface area contributed by atoms with Crippen LogP contribution in [0.3, 0.4) is 0 Å². The molecule has 2 fully saturated rings. The van der Waals surface area contributed by atoms with Crippen LogP contribution in [0.25, 0.3) is 0 Å². The maximum absolute atomic E-state index is 5.55. The fraction of sp³-hybridized carbons (Fsp3) is 1.00. The molecule has 1 saturated carbocycles. The average Bonchev–Trinajstić information content (AvgIpc) is 2.50. The van der Waals surface area contributed by atoms with Gasteiger partial charge >= 0.3 is 0 Å². The van der Waals surface area contributed by atoms with E-state index < -0.39 is 0 Å². The fourth-order valence-electron chi connectivity index (χ4n) is 3.33. The number of hydrogen-bond donors (Lipinski definition) is 1. The quantitative estimate of drug-likeness (QED) is 0.799. The van der Waals surface area contributed by atoms with Gasteiger partial charge in [0.25, 0.3) is 0 Å². The van der Waals surface area contributed by atoms with Crippen LogP contribution in [0.15, 0.2) is 0 Å². The van der Waals surface area contributed by atoms with Crippen LogP contribution < -0.4 is 5.32 Å². The van der Waals surface area contributed by atoms with Crippen LogP contribution in [0.4, 0.5) is 0 Å². The summed E-state index contributed by atoms with van der Waals surface area (Å²) in [6, 6.07) is 0.743. The van der Waals surface area contributed by atoms with E-state index >= 15 is 0 Å². The molecule has 1 aliphatic carbocycles. The molecule has 2 aliphatic rings. The van der Waals surface area contributed by atoms with Crippen molar-refractivity contribution in [3.05, 3.63) is 0 Å². The molecule has 0 amide bonds. The topological polar surface area (TPSA) is 24.5 Å². The Bertz CT molecular complexity index is 242. The van der Waals surface area contributed by atoms with Gasteiger partial charge in [-0.05, 0) is 59.0 Å². The van der Waals surface area contributed by atoms with Gasteiger partial charge in [0, 0.05) is 25.2 Å². The zero-order valence-electron chi connectivity index (χ0n) is 11.7. The first kappa shape index (κ1) is 13.3. The third-order valence-corrected chi connectivity index (χ3v) is 4.27. The summed E-state index contributed by atoms with van der Waals surface area (Å²) in [5, 5.41) is 3.64. The number of nitrogens with one attached hydrogen (secondary N) is 1. The maximum atomic E-state index is 5.55. The lowest BCUT2D eigenvalue weighted by Crippen LogP contribution is -2.50. The van der Waals surface area contributed by atoms with Gasteiger partial charge in [0.15, 0.2) is 0 Å². The molecule has 0 aromatic heterocycles. The molecule has 100 valence electrons. The second-order valence-corrected chi connectivity index (χ2v) is 6.31. The summed E-state index contributed by atoms with van der Waals surface area (Å²) in [6.45, 7) is 8.22. The summed E-state index contributed by atoms with van der Waals surface area (Å²) >= 11 is 0. The standard InChI is InChI=1S/C14H28N2O/c1-14(2)11-16(9-5-8-15-14)12-6-4-7-13(10-12)17-3/h12-13,15H,4-11H2,1-3H3. The summed E-state index contributed by atoms with van der Waals surface area (Å²) in [5.41, 5.74) is 0.260. The number of hydrogen-bond acceptors (Lipinski definition) is 3. The van der Waals surface area contributed by atoms with Crippen LogP contribution in [0, 0.1) is 0 Å². The molecule has 0 aromatic carbocycles. The lowest BCUT2D eigenvalue weighted by Gasteiger charge is -2.39. The normalized spacial score (nSPS) is 35.5. The predicted octanol–water partition coefficient (Wildman–Crippen LogP) is 2.02. The third-order valence-electron chi connectivity index (χ3n) is 4.27. The Kier molecular flexibility index (Phi) is 4.45. The van der Waals surface area contributed by atoms with E-state index in [-0.39, 0.29) is 5.54 Å². The van der Waals surface area contributed by atoms with E-state index in [9.17, 15) is 0 Å². The zero-order chi connectivity index (χ0) is 12.3. The van der Waals surface area contributed by atoms with Crippen molar-refractivity contribution in [3.63, 3.8) is 0 Å². The molecule has 1 N–H and O–H groups in total. The van der Waals surface area contributed by atoms with Gasteiger partial charge < -0.3 is 10.1 Å². The number of nitrogens with zero attached hydrogens (tertiary/aromatic N) is 1. The minimum atomic E-state index is 0.260. The SMILES string of the molecule is COC1CCCC(N2CCCNC(C)(C)C2)C1. The molecule has 3 nitrogen and oxygen atoms in total. The minimum Gasteiger partial charge on any atom is -0.381 e. The van der Waals surface area contributed by atoms with Crippen LogP contribution in [-0.2, 0) is 4.74 Å². The molecule has 0 spiro atoms. The predicted molar refractivity (Wildman–Crippen MR) is 71.3 cm³/mol. The molecule has 0 bridgehead atoms. The van der Waals surface area contributed by atoms with Crippen LogP contribution in [0.5, 0.6) is 0 Å². The molecule has 0 radical (unpaired) electrons. The van der Waals surface area contributed by atoms with Crippen LogP contribution >= 0.6 is 0 Å². The Balaban J connectivity index is 1.95. The highest BCUT2D eigenvalue weighted by Gasteiger charge is 2.31. The summed E-state index contributed by atoms with van der Waals surface area (Å²) in [5.74, 6) is 0. The highest BCUT2D eigenvalue weighted by molar-refractivity contribution is 4.89. The monoisotopic (exact) mass is 240 g/mol. The summed E-state index contributed by atoms with van der Waals surface area (Å²) in [7, 11) is 1.86. The van der Waals surface area contributed by atoms with E-state index in [0.717, 1.165) is 12.6 Å². The van der Waals surface area contributed by atoms with Crippen molar-refractivity contribution in [3.8, 4) is 0 Å². The molecular weight excluding hydrogens is 212 g/mol. The van der Waals surface area contributed by atoms with Crippen LogP contribution in [-0.4, -0.2) is 49.3 Å². The fourth-order valence-corrected chi connectivity index (χ4v) is 3.33. The van der Waals surface area contributed by atoms with Crippen molar-refractivity contribution >= 4 is 0 Å². The second-order valence-electron chi connectivity index (χ2n) is 6.31. The number of methoxy groups -OCH3 is 1. The Morgan fingerprint density at radius 2 is 2.06 bits per heavy atom. The largest absolute Gasteiger partial charge is 0.381 e. The number of rotatable bonds is 2. The van der Waals surface area contributed by atoms with Crippen LogP contribution in [0.2, 0.25) is 0 Å². The van der Waals surface area contributed by atoms with Gasteiger partial charge in [0.05, 0.1) is 6.10 Å². The van der Waals surface area contributed by atoms with Gasteiger partial charge in [-0.1, -0.05) is 0 Å². The van der Waals surface area contributed by atoms with E-state index in [1.54, 1.807) is 0 Å². The lowest BCUT2D eigenvalue weighted by molar-refractivity contribution is 0.0244. The molecule has 3 heteroatoms. The molecule has 2 unspecified atom stereocenters. The molecule has 2 atom stereocenters. The van der Waals surface area contributed by atoms with Gasteiger partial charge in [-0.3, -0.25) is 4.90 Å². The van der Waals surface area contributed by atoms with Crippen LogP contribution in [0.1, 0.15) is 46.0 Å². The maximum Gasteiger partial charge on any atom is 0.0586 e. The van der Waals surface area contributed by atoms with E-state index in [0.29, 0.717) is 6.10 Å². The van der Waals surface area contributed by atoms with Crippen molar-refractivity contribution in [1.29, 1.82) is 0 Å². The summed E-state index contributed by atoms with van der Waals surface area (Å²) in [6.07, 6.45) is 6.93. The van der Waals surface area contributed by atoms with E-state index in [1.807, 2.05) is 7.11 Å². The molecular formula is C14H28N2O. The smallest absolute Gasteiger partial charge is 0.0586 e. The van der Waals surface area contributed by atoms with Crippen molar-refractivity contribution in [2.45, 2.75) is 63.6 Å². The first-order valence-corrected chi connectivity index (χ1v) is 7.12. The van der Waals surface area contributed by atoms with Gasteiger partial charge in [-0.2, -0.15) is 0 Å². The third kappa shape index (κ3) is 3.67. The van der Waals surface area contributed by atoms with Gasteiger partial charge in [-0.15, -0.1) is 0 Å². The Morgan fingerprint density at radius 1 is 1.24 bits per heavy atom. The highest BCUT2D eigenvalue weighted by atomic mass is 16.5. The van der Waals surface area contributed by atoms with E-state index in [2.05, 4.69) is 24.1 Å². The molecule has 1 saturated heterocycles. The van der Waals surface area contributed by atoms with Gasteiger partial charge in [0.1, 0.15) is 0 Å². The van der Waals surface area contributed by atoms with Gasteiger partial charge in [0.2, 0.25) is 0 Å². The minimum absolute atomic E-state index is 0.260. The van der Waals surface area contributed by atoms with Crippen molar-refractivity contribution < 1.29 is 4.74 Å². The molecule has 17 heavy (non-hydrogen) atoms. The highest BCUT2D eigenvalue weighted by Crippen LogP contribution is 2.26. The molecule has 2 rings (SSSR count). The lowest BCUT2D eigenvalue weighted by atomic mass is 9.90. The molecule has 1 heterocycles. The van der Waals surface area contributed by atoms with E-state index in [1.165, 1.54) is 45.2 Å². The van der Waals surface area contributed by atoms with E-state index in [4.69, 9.17) is 4.74 Å². The number of ether oxygens (including phenoxy) is 1. The molecule has 1 aliphatic heterocycles.